The van der Waals surface area contributed by atoms with Crippen LogP contribution in [0.25, 0.3) is 0 Å². The summed E-state index contributed by atoms with van der Waals surface area (Å²) in [5, 5.41) is 10.7. The fraction of sp³-hybridized carbons (Fsp3) is 0.500. The number of carboxylic acid groups (broad SMARTS) is 1. The van der Waals surface area contributed by atoms with Gasteiger partial charge in [0, 0.05) is 18.9 Å². The third kappa shape index (κ3) is 4.79. The number of aldehydes is 1. The number of para-hydroxylation sites is 1. The maximum absolute atomic E-state index is 11.9. The van der Waals surface area contributed by atoms with Crippen LogP contribution in [0.1, 0.15) is 43.2 Å². The quantitative estimate of drug-likeness (QED) is 0.519. The number of aryl methyl sites for hydroxylation is 1. The van der Waals surface area contributed by atoms with E-state index >= 15 is 0 Å². The molecule has 1 aliphatic rings. The molecule has 2 rings (SSSR count). The zero-order valence-corrected chi connectivity index (χ0v) is 14.5. The first-order chi connectivity index (χ1) is 12.0. The van der Waals surface area contributed by atoms with Gasteiger partial charge in [0.15, 0.2) is 0 Å². The van der Waals surface area contributed by atoms with E-state index in [9.17, 15) is 14.4 Å². The lowest BCUT2D eigenvalue weighted by atomic mass is 9.96. The molecule has 1 unspecified atom stereocenters. The summed E-state index contributed by atoms with van der Waals surface area (Å²) in [6.45, 7) is 4.61. The number of hydrazine groups is 1. The normalized spacial score (nSPS) is 17.0. The largest absolute Gasteiger partial charge is 0.481 e. The summed E-state index contributed by atoms with van der Waals surface area (Å²) in [5.74, 6) is -1.22. The predicted octanol–water partition coefficient (Wildman–Crippen LogP) is 1.79. The van der Waals surface area contributed by atoms with E-state index in [1.807, 2.05) is 30.1 Å². The second kappa shape index (κ2) is 8.62. The van der Waals surface area contributed by atoms with Crippen molar-refractivity contribution in [2.45, 2.75) is 45.1 Å². The van der Waals surface area contributed by atoms with Gasteiger partial charge in [0.1, 0.15) is 6.29 Å². The van der Waals surface area contributed by atoms with E-state index in [-0.39, 0.29) is 31.1 Å². The summed E-state index contributed by atoms with van der Waals surface area (Å²) in [6, 6.07) is 5.29. The van der Waals surface area contributed by atoms with E-state index in [4.69, 9.17) is 9.84 Å². The van der Waals surface area contributed by atoms with Crippen molar-refractivity contribution in [2.24, 2.45) is 0 Å². The van der Waals surface area contributed by atoms with Crippen LogP contribution in [0.3, 0.4) is 0 Å². The Balaban J connectivity index is 2.16. The number of carbonyl (C=O) groups excluding carboxylic acids is 2. The van der Waals surface area contributed by atoms with Gasteiger partial charge >= 0.3 is 11.9 Å². The summed E-state index contributed by atoms with van der Waals surface area (Å²) in [4.78, 5) is 33.9. The topological polar surface area (TPSA) is 95.9 Å². The lowest BCUT2D eigenvalue weighted by Gasteiger charge is -2.26. The maximum Gasteiger partial charge on any atom is 0.306 e. The van der Waals surface area contributed by atoms with Crippen molar-refractivity contribution in [1.82, 2.24) is 5.43 Å². The van der Waals surface area contributed by atoms with Crippen molar-refractivity contribution in [1.29, 1.82) is 0 Å². The number of esters is 1. The van der Waals surface area contributed by atoms with Crippen LogP contribution in [0.2, 0.25) is 0 Å². The number of nitrogens with zero attached hydrogens (tertiary/aromatic N) is 1. The molecule has 7 nitrogen and oxygen atoms in total. The van der Waals surface area contributed by atoms with Gasteiger partial charge in [0.05, 0.1) is 24.8 Å². The van der Waals surface area contributed by atoms with Crippen LogP contribution >= 0.6 is 0 Å². The SMILES string of the molecule is CCOC(=O)CC1CN(N[C@H](C=O)CCC(=O)O)c2c(C)cccc21. The number of hydrogen-bond donors (Lipinski definition) is 2. The lowest BCUT2D eigenvalue weighted by Crippen LogP contribution is -2.45. The molecule has 1 heterocycles. The average molecular weight is 348 g/mol. The molecule has 136 valence electrons. The Morgan fingerprint density at radius 3 is 2.88 bits per heavy atom. The Kier molecular flexibility index (Phi) is 6.52. The third-order valence-electron chi connectivity index (χ3n) is 4.26. The van der Waals surface area contributed by atoms with E-state index in [1.54, 1.807) is 6.92 Å². The summed E-state index contributed by atoms with van der Waals surface area (Å²) in [6.07, 6.45) is 1.11. The fourth-order valence-electron chi connectivity index (χ4n) is 3.14. The van der Waals surface area contributed by atoms with E-state index < -0.39 is 12.0 Å². The van der Waals surface area contributed by atoms with Crippen LogP contribution in [-0.2, 0) is 19.1 Å². The number of rotatable bonds is 9. The van der Waals surface area contributed by atoms with Crippen LogP contribution in [0.4, 0.5) is 5.69 Å². The number of carbonyl (C=O) groups is 3. The van der Waals surface area contributed by atoms with Gasteiger partial charge in [-0.25, -0.2) is 5.43 Å². The van der Waals surface area contributed by atoms with Crippen molar-refractivity contribution >= 4 is 23.9 Å². The molecule has 0 spiro atoms. The van der Waals surface area contributed by atoms with Crippen molar-refractivity contribution < 1.29 is 24.2 Å². The van der Waals surface area contributed by atoms with Crippen molar-refractivity contribution in [3.05, 3.63) is 29.3 Å². The Morgan fingerprint density at radius 2 is 2.24 bits per heavy atom. The van der Waals surface area contributed by atoms with Gasteiger partial charge in [-0.05, 0) is 31.4 Å². The molecule has 1 aromatic carbocycles. The molecule has 1 aliphatic heterocycles. The highest BCUT2D eigenvalue weighted by Crippen LogP contribution is 2.39. The summed E-state index contributed by atoms with van der Waals surface area (Å²) < 4.78 is 5.05. The van der Waals surface area contributed by atoms with Gasteiger partial charge in [-0.2, -0.15) is 0 Å². The number of aliphatic carboxylic acids is 1. The van der Waals surface area contributed by atoms with Gasteiger partial charge in [-0.1, -0.05) is 18.2 Å². The molecule has 25 heavy (non-hydrogen) atoms. The van der Waals surface area contributed by atoms with Crippen molar-refractivity contribution in [3.8, 4) is 0 Å². The molecule has 0 amide bonds. The number of anilines is 1. The molecule has 0 saturated carbocycles. The summed E-state index contributed by atoms with van der Waals surface area (Å²) >= 11 is 0. The van der Waals surface area contributed by atoms with Gasteiger partial charge in [0.25, 0.3) is 0 Å². The molecule has 1 aromatic rings. The van der Waals surface area contributed by atoms with E-state index in [2.05, 4.69) is 5.43 Å². The molecule has 0 saturated heterocycles. The first-order valence-corrected chi connectivity index (χ1v) is 8.42. The monoisotopic (exact) mass is 348 g/mol. The Hall–Kier alpha value is -2.41. The Labute approximate surface area is 146 Å². The van der Waals surface area contributed by atoms with Crippen molar-refractivity contribution in [2.75, 3.05) is 18.2 Å². The molecule has 0 bridgehead atoms. The number of hydrogen-bond acceptors (Lipinski definition) is 6. The maximum atomic E-state index is 11.9. The number of benzene rings is 1. The Morgan fingerprint density at radius 1 is 1.48 bits per heavy atom. The molecule has 7 heteroatoms. The zero-order valence-electron chi connectivity index (χ0n) is 14.5. The van der Waals surface area contributed by atoms with E-state index in [0.29, 0.717) is 13.2 Å². The lowest BCUT2D eigenvalue weighted by molar-refractivity contribution is -0.143. The Bertz CT molecular complexity index is 646. The van der Waals surface area contributed by atoms with Gasteiger partial charge in [-0.3, -0.25) is 9.59 Å². The van der Waals surface area contributed by atoms with Gasteiger partial charge < -0.3 is 19.6 Å². The first-order valence-electron chi connectivity index (χ1n) is 8.42. The van der Waals surface area contributed by atoms with Crippen LogP contribution in [0.15, 0.2) is 18.2 Å². The van der Waals surface area contributed by atoms with Crippen LogP contribution in [-0.4, -0.2) is 42.5 Å². The summed E-state index contributed by atoms with van der Waals surface area (Å²) in [7, 11) is 0. The van der Waals surface area contributed by atoms with E-state index in [0.717, 1.165) is 23.1 Å². The minimum atomic E-state index is -0.938. The molecule has 0 radical (unpaired) electrons. The van der Waals surface area contributed by atoms with Crippen LogP contribution in [0, 0.1) is 6.92 Å². The molecular formula is C18H24N2O5. The second-order valence-electron chi connectivity index (χ2n) is 6.13. The highest BCUT2D eigenvalue weighted by Gasteiger charge is 2.32. The first kappa shape index (κ1) is 18.9. The highest BCUT2D eigenvalue weighted by molar-refractivity contribution is 5.74. The molecule has 2 atom stereocenters. The van der Waals surface area contributed by atoms with Gasteiger partial charge in [-0.15, -0.1) is 0 Å². The molecule has 0 fully saturated rings. The number of ether oxygens (including phenoxy) is 1. The van der Waals surface area contributed by atoms with Crippen LogP contribution < -0.4 is 10.4 Å². The summed E-state index contributed by atoms with van der Waals surface area (Å²) in [5.41, 5.74) is 6.10. The number of nitrogens with one attached hydrogen (secondary N) is 1. The average Bonchev–Trinajstić information content (AvgIpc) is 2.90. The minimum Gasteiger partial charge on any atom is -0.481 e. The standard InChI is InChI=1S/C18H24N2O5/c1-3-25-17(24)9-13-10-20(18-12(2)5-4-6-15(13)18)19-14(11-21)7-8-16(22)23/h4-6,11,13-14,19H,3,7-10H2,1-2H3,(H,22,23)/t13?,14-/m0/s1. The highest BCUT2D eigenvalue weighted by atomic mass is 16.5. The smallest absolute Gasteiger partial charge is 0.306 e. The predicted molar refractivity (Wildman–Crippen MR) is 92.4 cm³/mol. The number of fused-ring (bicyclic) bond motifs is 1. The molecule has 0 aromatic heterocycles. The zero-order chi connectivity index (χ0) is 18.4. The fourth-order valence-corrected chi connectivity index (χ4v) is 3.14. The third-order valence-corrected chi connectivity index (χ3v) is 4.26. The van der Waals surface area contributed by atoms with Gasteiger partial charge in [0.2, 0.25) is 0 Å². The molecule has 0 aliphatic carbocycles. The minimum absolute atomic E-state index is 0.0341. The van der Waals surface area contributed by atoms with E-state index in [1.165, 1.54) is 0 Å². The molecular weight excluding hydrogens is 324 g/mol. The molecule has 2 N–H and O–H groups in total. The van der Waals surface area contributed by atoms with Crippen molar-refractivity contribution in [3.63, 3.8) is 0 Å². The second-order valence-corrected chi connectivity index (χ2v) is 6.13. The number of carboxylic acids is 1. The van der Waals surface area contributed by atoms with Crippen LogP contribution in [0.5, 0.6) is 0 Å².